The normalized spacial score (nSPS) is 10.3. The summed E-state index contributed by atoms with van der Waals surface area (Å²) in [5, 5.41) is 3.74. The number of hydrogen-bond donors (Lipinski definition) is 1. The number of nitrogens with one attached hydrogen (secondary N) is 1. The lowest BCUT2D eigenvalue weighted by Crippen LogP contribution is -2.04. The minimum Gasteiger partial charge on any atom is -0.473 e. The van der Waals surface area contributed by atoms with E-state index >= 15 is 0 Å². The zero-order valence-corrected chi connectivity index (χ0v) is 12.4. The second-order valence-electron chi connectivity index (χ2n) is 4.42. The van der Waals surface area contributed by atoms with Crippen LogP contribution in [-0.2, 0) is 13.0 Å². The second kappa shape index (κ2) is 7.10. The summed E-state index contributed by atoms with van der Waals surface area (Å²) >= 11 is 5.85. The summed E-state index contributed by atoms with van der Waals surface area (Å²) in [4.78, 5) is 8.79. The monoisotopic (exact) mass is 291 g/mol. The highest BCUT2D eigenvalue weighted by Crippen LogP contribution is 2.16. The van der Waals surface area contributed by atoms with Crippen LogP contribution in [0.3, 0.4) is 0 Å². The molecule has 2 aromatic rings. The van der Waals surface area contributed by atoms with Crippen LogP contribution in [0.5, 0.6) is 5.88 Å². The smallest absolute Gasteiger partial charge is 0.219 e. The zero-order valence-electron chi connectivity index (χ0n) is 11.7. The summed E-state index contributed by atoms with van der Waals surface area (Å²) in [6, 6.07) is 9.38. The number of ether oxygens (including phenoxy) is 1. The molecule has 0 unspecified atom stereocenters. The van der Waals surface area contributed by atoms with Crippen molar-refractivity contribution in [2.24, 2.45) is 0 Å². The van der Waals surface area contributed by atoms with Crippen molar-refractivity contribution < 1.29 is 4.74 Å². The maximum atomic E-state index is 5.85. The fourth-order valence-electron chi connectivity index (χ4n) is 1.75. The molecule has 0 aliphatic heterocycles. The van der Waals surface area contributed by atoms with Gasteiger partial charge in [-0.1, -0.05) is 30.7 Å². The van der Waals surface area contributed by atoms with Crippen LogP contribution in [0.1, 0.15) is 24.7 Å². The van der Waals surface area contributed by atoms with E-state index in [9.17, 15) is 0 Å². The van der Waals surface area contributed by atoms with E-state index in [1.54, 1.807) is 6.07 Å². The molecule has 4 nitrogen and oxygen atoms in total. The third-order valence-electron chi connectivity index (χ3n) is 2.78. The van der Waals surface area contributed by atoms with E-state index in [4.69, 9.17) is 16.3 Å². The van der Waals surface area contributed by atoms with Gasteiger partial charge < -0.3 is 10.1 Å². The summed E-state index contributed by atoms with van der Waals surface area (Å²) in [5.41, 5.74) is 1.05. The van der Waals surface area contributed by atoms with Gasteiger partial charge in [-0.15, -0.1) is 0 Å². The number of aryl methyl sites for hydroxylation is 1. The van der Waals surface area contributed by atoms with E-state index < -0.39 is 0 Å². The summed E-state index contributed by atoms with van der Waals surface area (Å²) in [6.07, 6.45) is 1.84. The van der Waals surface area contributed by atoms with Crippen LogP contribution in [0.4, 0.5) is 5.82 Å². The molecule has 0 saturated heterocycles. The highest BCUT2D eigenvalue weighted by molar-refractivity contribution is 6.30. The Labute approximate surface area is 124 Å². The van der Waals surface area contributed by atoms with Crippen molar-refractivity contribution in [2.45, 2.75) is 26.4 Å². The lowest BCUT2D eigenvalue weighted by molar-refractivity contribution is 0.292. The van der Waals surface area contributed by atoms with Gasteiger partial charge in [0, 0.05) is 24.6 Å². The molecule has 5 heteroatoms. The van der Waals surface area contributed by atoms with Gasteiger partial charge in [0.1, 0.15) is 18.2 Å². The number of hydrogen-bond acceptors (Lipinski definition) is 4. The van der Waals surface area contributed by atoms with Crippen LogP contribution >= 0.6 is 11.6 Å². The molecule has 106 valence electrons. The lowest BCUT2D eigenvalue weighted by atomic mass is 10.2. The molecule has 0 aliphatic carbocycles. The van der Waals surface area contributed by atoms with Crippen LogP contribution < -0.4 is 10.1 Å². The molecule has 0 bridgehead atoms. The van der Waals surface area contributed by atoms with Crippen LogP contribution in [0.2, 0.25) is 5.02 Å². The molecule has 1 N–H and O–H groups in total. The highest BCUT2D eigenvalue weighted by atomic mass is 35.5. The predicted octanol–water partition coefficient (Wildman–Crippen LogP) is 3.70. The molecule has 0 atom stereocenters. The number of nitrogens with zero attached hydrogens (tertiary/aromatic N) is 2. The van der Waals surface area contributed by atoms with E-state index in [1.165, 1.54) is 0 Å². The maximum absolute atomic E-state index is 5.85. The van der Waals surface area contributed by atoms with Crippen LogP contribution in [0.25, 0.3) is 0 Å². The fourth-order valence-corrected chi connectivity index (χ4v) is 1.87. The van der Waals surface area contributed by atoms with Crippen molar-refractivity contribution >= 4 is 17.4 Å². The van der Waals surface area contributed by atoms with E-state index in [2.05, 4.69) is 22.2 Å². The molecular weight excluding hydrogens is 274 g/mol. The zero-order chi connectivity index (χ0) is 14.4. The molecule has 0 fully saturated rings. The van der Waals surface area contributed by atoms with Crippen LogP contribution in [0, 0.1) is 0 Å². The highest BCUT2D eigenvalue weighted by Gasteiger charge is 2.05. The molecule has 1 aromatic heterocycles. The van der Waals surface area contributed by atoms with Gasteiger partial charge in [-0.25, -0.2) is 4.98 Å². The van der Waals surface area contributed by atoms with Gasteiger partial charge in [0.05, 0.1) is 0 Å². The minimum atomic E-state index is 0.461. The van der Waals surface area contributed by atoms with Gasteiger partial charge in [0.25, 0.3) is 0 Å². The van der Waals surface area contributed by atoms with Crippen molar-refractivity contribution in [1.29, 1.82) is 0 Å². The summed E-state index contributed by atoms with van der Waals surface area (Å²) in [5.74, 6) is 2.16. The Balaban J connectivity index is 2.07. The second-order valence-corrected chi connectivity index (χ2v) is 4.86. The van der Waals surface area contributed by atoms with Crippen molar-refractivity contribution in [3.05, 3.63) is 46.7 Å². The van der Waals surface area contributed by atoms with Crippen molar-refractivity contribution in [1.82, 2.24) is 9.97 Å². The first-order valence-electron chi connectivity index (χ1n) is 6.64. The molecule has 1 aromatic carbocycles. The van der Waals surface area contributed by atoms with E-state index in [-0.39, 0.29) is 0 Å². The topological polar surface area (TPSA) is 47.0 Å². The van der Waals surface area contributed by atoms with Crippen molar-refractivity contribution in [2.75, 3.05) is 12.4 Å². The number of aromatic nitrogens is 2. The Bertz CT molecular complexity index is 558. The lowest BCUT2D eigenvalue weighted by Gasteiger charge is -2.09. The maximum Gasteiger partial charge on any atom is 0.219 e. The Morgan fingerprint density at radius 2 is 1.95 bits per heavy atom. The summed E-state index contributed by atoms with van der Waals surface area (Å²) in [7, 11) is 1.83. The summed E-state index contributed by atoms with van der Waals surface area (Å²) in [6.45, 7) is 2.56. The molecule has 0 saturated carbocycles. The largest absolute Gasteiger partial charge is 0.473 e. The molecule has 2 rings (SSSR count). The molecule has 0 radical (unpaired) electrons. The standard InChI is InChI=1S/C15H18ClN3O/c1-3-4-13-18-14(17-2)9-15(19-13)20-10-11-5-7-12(16)8-6-11/h5-9H,3-4,10H2,1-2H3,(H,17,18,19). The SMILES string of the molecule is CCCc1nc(NC)cc(OCc2ccc(Cl)cc2)n1. The van der Waals surface area contributed by atoms with Gasteiger partial charge in [0.15, 0.2) is 0 Å². The number of rotatable bonds is 6. The Morgan fingerprint density at radius 3 is 2.60 bits per heavy atom. The van der Waals surface area contributed by atoms with E-state index in [1.807, 2.05) is 31.3 Å². The third kappa shape index (κ3) is 4.10. The average molecular weight is 292 g/mol. The average Bonchev–Trinajstić information content (AvgIpc) is 2.47. The first kappa shape index (κ1) is 14.6. The van der Waals surface area contributed by atoms with Gasteiger partial charge in [-0.2, -0.15) is 4.98 Å². The van der Waals surface area contributed by atoms with Gasteiger partial charge in [-0.05, 0) is 24.1 Å². The molecular formula is C15H18ClN3O. The number of anilines is 1. The number of benzene rings is 1. The number of halogens is 1. The fraction of sp³-hybridized carbons (Fsp3) is 0.333. The first-order valence-corrected chi connectivity index (χ1v) is 7.02. The molecule has 1 heterocycles. The van der Waals surface area contributed by atoms with Gasteiger partial charge >= 0.3 is 0 Å². The van der Waals surface area contributed by atoms with Gasteiger partial charge in [0.2, 0.25) is 5.88 Å². The van der Waals surface area contributed by atoms with E-state index in [0.29, 0.717) is 12.5 Å². The van der Waals surface area contributed by atoms with E-state index in [0.717, 1.165) is 35.1 Å². The molecule has 0 aliphatic rings. The Morgan fingerprint density at radius 1 is 1.20 bits per heavy atom. The molecule has 20 heavy (non-hydrogen) atoms. The predicted molar refractivity (Wildman–Crippen MR) is 81.4 cm³/mol. The van der Waals surface area contributed by atoms with Gasteiger partial charge in [-0.3, -0.25) is 0 Å². The Hall–Kier alpha value is -1.81. The quantitative estimate of drug-likeness (QED) is 0.881. The van der Waals surface area contributed by atoms with Crippen LogP contribution in [-0.4, -0.2) is 17.0 Å². The minimum absolute atomic E-state index is 0.461. The Kier molecular flexibility index (Phi) is 5.18. The first-order chi connectivity index (χ1) is 9.71. The van der Waals surface area contributed by atoms with Crippen molar-refractivity contribution in [3.63, 3.8) is 0 Å². The van der Waals surface area contributed by atoms with Crippen molar-refractivity contribution in [3.8, 4) is 5.88 Å². The van der Waals surface area contributed by atoms with Crippen LogP contribution in [0.15, 0.2) is 30.3 Å². The summed E-state index contributed by atoms with van der Waals surface area (Å²) < 4.78 is 5.73. The third-order valence-corrected chi connectivity index (χ3v) is 3.03. The molecule has 0 amide bonds. The molecule has 0 spiro atoms.